The minimum atomic E-state index is -3.37. The predicted molar refractivity (Wildman–Crippen MR) is 78.7 cm³/mol. The molecule has 1 saturated heterocycles. The van der Waals surface area contributed by atoms with Crippen LogP contribution in [0.4, 0.5) is 0 Å². The molecule has 0 unspecified atom stereocenters. The standard InChI is InChI=1S/C14H20N2O4S/c1-21(17,18)14-11(10-16-6-4-15-5-7-16)2-3-12-13(14)20-9-8-19-12/h2-3,15H,4-10H2,1H3. The van der Waals surface area contributed by atoms with Gasteiger partial charge in [0.1, 0.15) is 18.1 Å². The SMILES string of the molecule is CS(=O)(=O)c1c(CN2CCNCC2)ccc2c1OCCO2. The zero-order valence-corrected chi connectivity index (χ0v) is 12.9. The van der Waals surface area contributed by atoms with Crippen molar-refractivity contribution in [1.82, 2.24) is 10.2 Å². The minimum absolute atomic E-state index is 0.276. The number of nitrogens with one attached hydrogen (secondary N) is 1. The highest BCUT2D eigenvalue weighted by Crippen LogP contribution is 2.39. The van der Waals surface area contributed by atoms with Gasteiger partial charge in [0.25, 0.3) is 0 Å². The molecular weight excluding hydrogens is 292 g/mol. The van der Waals surface area contributed by atoms with Gasteiger partial charge in [0.05, 0.1) is 0 Å². The highest BCUT2D eigenvalue weighted by atomic mass is 32.2. The first kappa shape index (κ1) is 14.6. The van der Waals surface area contributed by atoms with Crippen molar-refractivity contribution in [1.29, 1.82) is 0 Å². The van der Waals surface area contributed by atoms with Crippen LogP contribution in [0.3, 0.4) is 0 Å². The first-order chi connectivity index (χ1) is 10.1. The molecule has 0 aromatic heterocycles. The molecule has 21 heavy (non-hydrogen) atoms. The van der Waals surface area contributed by atoms with Gasteiger partial charge in [0, 0.05) is 39.0 Å². The smallest absolute Gasteiger partial charge is 0.180 e. The lowest BCUT2D eigenvalue weighted by atomic mass is 10.1. The van der Waals surface area contributed by atoms with E-state index in [-0.39, 0.29) is 4.90 Å². The number of hydrogen-bond donors (Lipinski definition) is 1. The molecule has 0 bridgehead atoms. The molecule has 1 aromatic carbocycles. The summed E-state index contributed by atoms with van der Waals surface area (Å²) in [7, 11) is -3.37. The number of fused-ring (bicyclic) bond motifs is 1. The lowest BCUT2D eigenvalue weighted by Gasteiger charge is -2.29. The van der Waals surface area contributed by atoms with E-state index in [1.165, 1.54) is 6.26 Å². The maximum atomic E-state index is 12.2. The van der Waals surface area contributed by atoms with Crippen LogP contribution in [-0.2, 0) is 16.4 Å². The summed E-state index contributed by atoms with van der Waals surface area (Å²) in [4.78, 5) is 2.52. The van der Waals surface area contributed by atoms with E-state index in [9.17, 15) is 8.42 Å². The van der Waals surface area contributed by atoms with Gasteiger partial charge in [-0.1, -0.05) is 6.07 Å². The van der Waals surface area contributed by atoms with Crippen LogP contribution in [0.1, 0.15) is 5.56 Å². The second-order valence-corrected chi connectivity index (χ2v) is 7.33. The van der Waals surface area contributed by atoms with E-state index in [1.807, 2.05) is 6.07 Å². The highest BCUT2D eigenvalue weighted by Gasteiger charge is 2.27. The molecule has 2 aliphatic heterocycles. The Hall–Kier alpha value is -1.31. The third-order valence-corrected chi connectivity index (χ3v) is 4.91. The minimum Gasteiger partial charge on any atom is -0.486 e. The lowest BCUT2D eigenvalue weighted by Crippen LogP contribution is -2.43. The Morgan fingerprint density at radius 2 is 1.90 bits per heavy atom. The lowest BCUT2D eigenvalue weighted by molar-refractivity contribution is 0.165. The van der Waals surface area contributed by atoms with Gasteiger partial charge in [-0.15, -0.1) is 0 Å². The molecule has 0 aliphatic carbocycles. The molecule has 2 aliphatic rings. The molecule has 3 rings (SSSR count). The second kappa shape index (κ2) is 5.82. The number of hydrogen-bond acceptors (Lipinski definition) is 6. The summed E-state index contributed by atoms with van der Waals surface area (Å²) in [6.45, 7) is 5.13. The molecular formula is C14H20N2O4S. The van der Waals surface area contributed by atoms with E-state index < -0.39 is 9.84 Å². The van der Waals surface area contributed by atoms with Crippen LogP contribution in [-0.4, -0.2) is 59.0 Å². The number of rotatable bonds is 3. The molecule has 0 atom stereocenters. The highest BCUT2D eigenvalue weighted by molar-refractivity contribution is 7.90. The zero-order valence-electron chi connectivity index (χ0n) is 12.1. The van der Waals surface area contributed by atoms with Crippen molar-refractivity contribution in [3.05, 3.63) is 17.7 Å². The van der Waals surface area contributed by atoms with Gasteiger partial charge in [-0.05, 0) is 11.6 Å². The van der Waals surface area contributed by atoms with Crippen molar-refractivity contribution in [3.8, 4) is 11.5 Å². The van der Waals surface area contributed by atoms with E-state index in [0.29, 0.717) is 31.3 Å². The monoisotopic (exact) mass is 312 g/mol. The van der Waals surface area contributed by atoms with E-state index in [0.717, 1.165) is 31.7 Å². The van der Waals surface area contributed by atoms with Crippen molar-refractivity contribution < 1.29 is 17.9 Å². The summed E-state index contributed by atoms with van der Waals surface area (Å²) in [5.74, 6) is 0.891. The topological polar surface area (TPSA) is 67.9 Å². The number of ether oxygens (including phenoxy) is 2. The molecule has 0 amide bonds. The first-order valence-corrected chi connectivity index (χ1v) is 8.99. The van der Waals surface area contributed by atoms with Crippen molar-refractivity contribution >= 4 is 9.84 Å². The molecule has 0 spiro atoms. The summed E-state index contributed by atoms with van der Waals surface area (Å²) in [6, 6.07) is 3.65. The average Bonchev–Trinajstić information content (AvgIpc) is 2.47. The summed E-state index contributed by atoms with van der Waals surface area (Å²) in [5.41, 5.74) is 0.781. The van der Waals surface area contributed by atoms with Gasteiger partial charge in [-0.3, -0.25) is 4.90 Å². The van der Waals surface area contributed by atoms with E-state index in [2.05, 4.69) is 10.2 Å². The number of piperazine rings is 1. The van der Waals surface area contributed by atoms with Crippen molar-refractivity contribution in [2.45, 2.75) is 11.4 Å². The first-order valence-electron chi connectivity index (χ1n) is 7.10. The van der Waals surface area contributed by atoms with Crippen LogP contribution >= 0.6 is 0 Å². The molecule has 0 radical (unpaired) electrons. The Labute approximate surface area is 125 Å². The number of benzene rings is 1. The van der Waals surface area contributed by atoms with Gasteiger partial charge < -0.3 is 14.8 Å². The van der Waals surface area contributed by atoms with Crippen LogP contribution in [0.5, 0.6) is 11.5 Å². The third kappa shape index (κ3) is 3.14. The fraction of sp³-hybridized carbons (Fsp3) is 0.571. The second-order valence-electron chi connectivity index (χ2n) is 5.38. The molecule has 2 heterocycles. The van der Waals surface area contributed by atoms with E-state index in [4.69, 9.17) is 9.47 Å². The van der Waals surface area contributed by atoms with Crippen molar-refractivity contribution in [3.63, 3.8) is 0 Å². The van der Waals surface area contributed by atoms with Crippen LogP contribution in [0.15, 0.2) is 17.0 Å². The maximum Gasteiger partial charge on any atom is 0.180 e. The molecule has 7 heteroatoms. The summed E-state index contributed by atoms with van der Waals surface area (Å²) in [6.07, 6.45) is 1.22. The van der Waals surface area contributed by atoms with Crippen LogP contribution in [0.2, 0.25) is 0 Å². The number of nitrogens with zero attached hydrogens (tertiary/aromatic N) is 1. The third-order valence-electron chi connectivity index (χ3n) is 3.72. The van der Waals surface area contributed by atoms with Crippen LogP contribution in [0, 0.1) is 0 Å². The van der Waals surface area contributed by atoms with Gasteiger partial charge in [-0.25, -0.2) is 8.42 Å². The van der Waals surface area contributed by atoms with Crippen molar-refractivity contribution in [2.24, 2.45) is 0 Å². The Balaban J connectivity index is 1.99. The quantitative estimate of drug-likeness (QED) is 0.864. The molecule has 1 N–H and O–H groups in total. The molecule has 1 fully saturated rings. The van der Waals surface area contributed by atoms with Gasteiger partial charge in [0.15, 0.2) is 21.3 Å². The average molecular weight is 312 g/mol. The fourth-order valence-electron chi connectivity index (χ4n) is 2.77. The summed E-state index contributed by atoms with van der Waals surface area (Å²) in [5, 5.41) is 3.29. The Morgan fingerprint density at radius 3 is 2.62 bits per heavy atom. The zero-order chi connectivity index (χ0) is 14.9. The van der Waals surface area contributed by atoms with Crippen LogP contribution in [0.25, 0.3) is 0 Å². The van der Waals surface area contributed by atoms with Gasteiger partial charge in [-0.2, -0.15) is 0 Å². The Kier molecular flexibility index (Phi) is 4.05. The predicted octanol–water partition coefficient (Wildman–Crippen LogP) is 0.267. The molecule has 116 valence electrons. The van der Waals surface area contributed by atoms with Crippen LogP contribution < -0.4 is 14.8 Å². The van der Waals surface area contributed by atoms with Crippen molar-refractivity contribution in [2.75, 3.05) is 45.6 Å². The summed E-state index contributed by atoms with van der Waals surface area (Å²) < 4.78 is 35.5. The van der Waals surface area contributed by atoms with Gasteiger partial charge >= 0.3 is 0 Å². The molecule has 0 saturated carbocycles. The maximum absolute atomic E-state index is 12.2. The van der Waals surface area contributed by atoms with E-state index >= 15 is 0 Å². The number of sulfone groups is 1. The molecule has 6 nitrogen and oxygen atoms in total. The normalized spacial score (nSPS) is 19.5. The summed E-state index contributed by atoms with van der Waals surface area (Å²) >= 11 is 0. The van der Waals surface area contributed by atoms with Gasteiger partial charge in [0.2, 0.25) is 0 Å². The Morgan fingerprint density at radius 1 is 1.19 bits per heavy atom. The fourth-order valence-corrected chi connectivity index (χ4v) is 3.88. The largest absolute Gasteiger partial charge is 0.486 e. The van der Waals surface area contributed by atoms with E-state index in [1.54, 1.807) is 6.07 Å². The molecule has 1 aromatic rings. The Bertz CT molecular complexity index is 624.